The van der Waals surface area contributed by atoms with Gasteiger partial charge in [0.1, 0.15) is 11.0 Å². The molecule has 2 N–H and O–H groups in total. The first-order chi connectivity index (χ1) is 11.0. The van der Waals surface area contributed by atoms with Crippen LogP contribution in [0.4, 0.5) is 11.4 Å². The Morgan fingerprint density at radius 3 is 2.43 bits per heavy atom. The highest BCUT2D eigenvalue weighted by atomic mass is 35.5. The van der Waals surface area contributed by atoms with Gasteiger partial charge >= 0.3 is 0 Å². The second kappa shape index (κ2) is 6.19. The molecule has 3 rings (SSSR count). The minimum Gasteiger partial charge on any atom is -0.358 e. The van der Waals surface area contributed by atoms with Crippen LogP contribution in [0, 0.1) is 10.1 Å². The van der Waals surface area contributed by atoms with Crippen molar-refractivity contribution < 1.29 is 9.13 Å². The number of aromatic amines is 1. The van der Waals surface area contributed by atoms with Crippen molar-refractivity contribution in [3.8, 4) is 0 Å². The maximum Gasteiger partial charge on any atom is 0.269 e. The average Bonchev–Trinajstić information content (AvgIpc) is 2.93. The summed E-state index contributed by atoms with van der Waals surface area (Å²) in [5.41, 5.74) is 1.14. The van der Waals surface area contributed by atoms with E-state index >= 15 is 0 Å². The summed E-state index contributed by atoms with van der Waals surface area (Å²) in [6.07, 6.45) is 1.60. The lowest BCUT2D eigenvalue weighted by atomic mass is 10.2. The lowest BCUT2D eigenvalue weighted by molar-refractivity contribution is -0.384. The van der Waals surface area contributed by atoms with Crippen molar-refractivity contribution in [3.63, 3.8) is 0 Å². The van der Waals surface area contributed by atoms with Gasteiger partial charge in [-0.15, -0.1) is 0 Å². The Morgan fingerprint density at radius 2 is 1.78 bits per heavy atom. The molecule has 0 saturated carbocycles. The van der Waals surface area contributed by atoms with Crippen molar-refractivity contribution in [2.75, 3.05) is 4.72 Å². The van der Waals surface area contributed by atoms with E-state index in [0.29, 0.717) is 31.5 Å². The number of non-ortho nitro benzene ring substituents is 1. The second-order valence-corrected chi connectivity index (χ2v) is 6.63. The van der Waals surface area contributed by atoms with E-state index in [-0.39, 0.29) is 5.69 Å². The van der Waals surface area contributed by atoms with Gasteiger partial charge in [-0.05, 0) is 24.3 Å². The van der Waals surface area contributed by atoms with Gasteiger partial charge < -0.3 is 4.98 Å². The van der Waals surface area contributed by atoms with Gasteiger partial charge in [0.15, 0.2) is 0 Å². The molecule has 0 amide bonds. The molecule has 0 aliphatic heterocycles. The third-order valence-electron chi connectivity index (χ3n) is 3.20. The molecule has 3 aromatic rings. The van der Waals surface area contributed by atoms with Crippen molar-refractivity contribution in [3.05, 3.63) is 62.8 Å². The van der Waals surface area contributed by atoms with Crippen LogP contribution in [-0.2, 0) is 11.0 Å². The fourth-order valence-electron chi connectivity index (χ4n) is 2.10. The molecule has 1 aromatic heterocycles. The number of fused-ring (bicyclic) bond motifs is 1. The summed E-state index contributed by atoms with van der Waals surface area (Å²) in [6.45, 7) is 0. The molecule has 9 heteroatoms. The summed E-state index contributed by atoms with van der Waals surface area (Å²) in [7, 11) is -1.59. The summed E-state index contributed by atoms with van der Waals surface area (Å²) < 4.78 is 15.2. The number of aromatic nitrogens is 1. The highest BCUT2D eigenvalue weighted by Gasteiger charge is 2.13. The van der Waals surface area contributed by atoms with Gasteiger partial charge in [0.25, 0.3) is 5.69 Å². The zero-order chi connectivity index (χ0) is 16.6. The van der Waals surface area contributed by atoms with Crippen LogP contribution in [0.15, 0.2) is 47.5 Å². The number of benzene rings is 2. The van der Waals surface area contributed by atoms with Gasteiger partial charge in [-0.1, -0.05) is 23.2 Å². The van der Waals surface area contributed by atoms with E-state index < -0.39 is 15.9 Å². The summed E-state index contributed by atoms with van der Waals surface area (Å²) >= 11 is 12.2. The molecule has 0 saturated heterocycles. The molecule has 0 spiro atoms. The lowest BCUT2D eigenvalue weighted by Crippen LogP contribution is -2.05. The van der Waals surface area contributed by atoms with Gasteiger partial charge in [0.05, 0.1) is 31.1 Å². The van der Waals surface area contributed by atoms with Gasteiger partial charge in [0, 0.05) is 23.7 Å². The summed E-state index contributed by atoms with van der Waals surface area (Å²) in [5, 5.41) is 12.2. The van der Waals surface area contributed by atoms with Crippen LogP contribution in [0.25, 0.3) is 10.9 Å². The first-order valence-electron chi connectivity index (χ1n) is 6.35. The molecule has 0 aliphatic carbocycles. The van der Waals surface area contributed by atoms with E-state index in [2.05, 4.69) is 9.71 Å². The zero-order valence-electron chi connectivity index (χ0n) is 11.4. The highest BCUT2D eigenvalue weighted by molar-refractivity contribution is 7.86. The van der Waals surface area contributed by atoms with Crippen molar-refractivity contribution in [1.29, 1.82) is 0 Å². The fourth-order valence-corrected chi connectivity index (χ4v) is 3.53. The number of hydrogen-bond acceptors (Lipinski definition) is 3. The van der Waals surface area contributed by atoms with Crippen LogP contribution < -0.4 is 4.72 Å². The fraction of sp³-hybridized carbons (Fsp3) is 0. The van der Waals surface area contributed by atoms with E-state index in [1.165, 1.54) is 24.3 Å². The Morgan fingerprint density at radius 1 is 1.09 bits per heavy atom. The second-order valence-electron chi connectivity index (χ2n) is 4.60. The molecular formula is C14H9Cl2N3O3S. The number of H-pyrrole nitrogens is 1. The number of anilines is 1. The van der Waals surface area contributed by atoms with E-state index in [4.69, 9.17) is 23.2 Å². The number of halogens is 2. The smallest absolute Gasteiger partial charge is 0.269 e. The van der Waals surface area contributed by atoms with Crippen molar-refractivity contribution in [2.45, 2.75) is 4.90 Å². The summed E-state index contributed by atoms with van der Waals surface area (Å²) in [6, 6.07) is 8.82. The molecule has 0 radical (unpaired) electrons. The maximum atomic E-state index is 12.4. The van der Waals surface area contributed by atoms with Crippen molar-refractivity contribution in [2.24, 2.45) is 0 Å². The van der Waals surface area contributed by atoms with Crippen molar-refractivity contribution in [1.82, 2.24) is 4.98 Å². The van der Waals surface area contributed by atoms with Crippen LogP contribution in [0.3, 0.4) is 0 Å². The van der Waals surface area contributed by atoms with Gasteiger partial charge in [-0.3, -0.25) is 14.8 Å². The first kappa shape index (κ1) is 15.8. The van der Waals surface area contributed by atoms with Crippen LogP contribution >= 0.6 is 23.2 Å². The third-order valence-corrected chi connectivity index (χ3v) is 4.92. The van der Waals surface area contributed by atoms with E-state index in [1.54, 1.807) is 18.3 Å². The van der Waals surface area contributed by atoms with E-state index in [0.717, 1.165) is 0 Å². The molecule has 2 aromatic carbocycles. The third kappa shape index (κ3) is 3.03. The predicted octanol–water partition coefficient (Wildman–Crippen LogP) is 4.52. The number of nitro groups is 1. The number of nitrogens with one attached hydrogen (secondary N) is 2. The van der Waals surface area contributed by atoms with Crippen LogP contribution in [0.2, 0.25) is 10.0 Å². The normalized spacial score (nSPS) is 12.3. The van der Waals surface area contributed by atoms with Crippen LogP contribution in [-0.4, -0.2) is 14.1 Å². The Hall–Kier alpha value is -2.09. The molecular weight excluding hydrogens is 361 g/mol. The SMILES string of the molecule is O=[N+]([O-])c1ccc(S(=O)Nc2ccc(Cl)c3c(Cl)c[nH]c23)cc1. The summed E-state index contributed by atoms with van der Waals surface area (Å²) in [5.74, 6) is 0. The first-order valence-corrected chi connectivity index (χ1v) is 8.26. The van der Waals surface area contributed by atoms with E-state index in [1.807, 2.05) is 0 Å². The Labute approximate surface area is 143 Å². The largest absolute Gasteiger partial charge is 0.358 e. The molecule has 118 valence electrons. The monoisotopic (exact) mass is 369 g/mol. The van der Waals surface area contributed by atoms with Gasteiger partial charge in [-0.2, -0.15) is 0 Å². The molecule has 1 atom stereocenters. The summed E-state index contributed by atoms with van der Waals surface area (Å²) in [4.78, 5) is 13.5. The van der Waals surface area contributed by atoms with Crippen LogP contribution in [0.1, 0.15) is 0 Å². The maximum absolute atomic E-state index is 12.4. The Balaban J connectivity index is 1.91. The molecule has 1 unspecified atom stereocenters. The number of nitrogens with zero attached hydrogens (tertiary/aromatic N) is 1. The minimum atomic E-state index is -1.59. The van der Waals surface area contributed by atoms with E-state index in [9.17, 15) is 14.3 Å². The number of hydrogen-bond donors (Lipinski definition) is 2. The Kier molecular flexibility index (Phi) is 4.25. The van der Waals surface area contributed by atoms with Gasteiger partial charge in [-0.25, -0.2) is 4.21 Å². The lowest BCUT2D eigenvalue weighted by Gasteiger charge is -2.08. The molecule has 6 nitrogen and oxygen atoms in total. The zero-order valence-corrected chi connectivity index (χ0v) is 13.7. The minimum absolute atomic E-state index is 0.0595. The molecule has 1 heterocycles. The highest BCUT2D eigenvalue weighted by Crippen LogP contribution is 2.35. The number of rotatable bonds is 4. The topological polar surface area (TPSA) is 88.0 Å². The predicted molar refractivity (Wildman–Crippen MR) is 91.4 cm³/mol. The molecule has 23 heavy (non-hydrogen) atoms. The standard InChI is InChI=1S/C14H9Cl2N3O3S/c15-10-5-6-12(14-13(10)11(16)7-17-14)18-23(22)9-3-1-8(2-4-9)19(20)21/h1-7,17-18H. The van der Waals surface area contributed by atoms with Crippen molar-refractivity contribution >= 4 is 56.5 Å². The van der Waals surface area contributed by atoms with Crippen LogP contribution in [0.5, 0.6) is 0 Å². The molecule has 0 aliphatic rings. The average molecular weight is 370 g/mol. The Bertz CT molecular complexity index is 925. The number of nitro benzene ring substituents is 1. The van der Waals surface area contributed by atoms with Gasteiger partial charge in [0.2, 0.25) is 0 Å². The molecule has 0 fully saturated rings. The quantitative estimate of drug-likeness (QED) is 0.523. The molecule has 0 bridgehead atoms.